The first-order valence-corrected chi connectivity index (χ1v) is 27.4. The molecule has 1 amide bonds. The molecule has 0 heterocycles. The molecule has 0 unspecified atom stereocenters. The highest BCUT2D eigenvalue weighted by Gasteiger charge is 2.15. The Morgan fingerprint density at radius 3 is 1.35 bits per heavy atom. The third kappa shape index (κ3) is 42.1. The van der Waals surface area contributed by atoms with Crippen molar-refractivity contribution in [2.24, 2.45) is 0 Å². The van der Waals surface area contributed by atoms with Crippen LogP contribution in [0.15, 0.2) is 12.2 Å². The number of allylic oxidation sites excluding steroid dienone is 1. The van der Waals surface area contributed by atoms with Gasteiger partial charge in [0.05, 0.1) is 6.61 Å². The van der Waals surface area contributed by atoms with Gasteiger partial charge in [-0.2, -0.15) is 0 Å². The molecule has 366 valence electrons. The van der Waals surface area contributed by atoms with Crippen LogP contribution in [0.5, 0.6) is 0 Å². The first-order valence-electron chi connectivity index (χ1n) is 27.4. The van der Waals surface area contributed by atoms with Gasteiger partial charge in [0, 0.05) is 32.4 Å². The van der Waals surface area contributed by atoms with E-state index in [1.54, 1.807) is 0 Å². The van der Waals surface area contributed by atoms with Gasteiger partial charge in [0.25, 0.3) is 0 Å². The maximum atomic E-state index is 12.9. The minimum atomic E-state index is -0.0257. The van der Waals surface area contributed by atoms with Crippen molar-refractivity contribution in [2.45, 2.75) is 285 Å². The van der Waals surface area contributed by atoms with Crippen molar-refractivity contribution >= 4 is 17.8 Å². The first-order chi connectivity index (χ1) is 30.4. The molecule has 0 aromatic rings. The molecular weight excluding hydrogens is 769 g/mol. The standard InChI is InChI=1S/C55H106N2O5/c1-6-11-15-19-22-31-41-51-61-54(59)45-34-27-23-29-37-47-56(49-40-36-44-53(58)57(10-5)50-39-18-14-9-4)48-38-30-24-28-35-46-55(60)62-52(42-32-25-20-16-12-7-2)43-33-26-21-17-13-8-3/h14,18,52H,6-13,15-17,19-51H2,1-5H3/b18-14-. The van der Waals surface area contributed by atoms with Crippen LogP contribution < -0.4 is 0 Å². The van der Waals surface area contributed by atoms with E-state index in [0.717, 1.165) is 123 Å². The van der Waals surface area contributed by atoms with E-state index in [1.807, 2.05) is 4.90 Å². The van der Waals surface area contributed by atoms with Crippen LogP contribution in [0.1, 0.15) is 279 Å². The fourth-order valence-corrected chi connectivity index (χ4v) is 8.48. The molecule has 0 rings (SSSR count). The summed E-state index contributed by atoms with van der Waals surface area (Å²) < 4.78 is 11.6. The van der Waals surface area contributed by atoms with Crippen molar-refractivity contribution in [3.8, 4) is 0 Å². The van der Waals surface area contributed by atoms with E-state index < -0.39 is 0 Å². The van der Waals surface area contributed by atoms with Gasteiger partial charge >= 0.3 is 11.9 Å². The van der Waals surface area contributed by atoms with Crippen LogP contribution in [0.2, 0.25) is 0 Å². The summed E-state index contributed by atoms with van der Waals surface area (Å²) in [6, 6.07) is 0. The predicted molar refractivity (Wildman–Crippen MR) is 267 cm³/mol. The van der Waals surface area contributed by atoms with Gasteiger partial charge in [-0.15, -0.1) is 0 Å². The quantitative estimate of drug-likeness (QED) is 0.0344. The Kier molecular flexibility index (Phi) is 47.1. The number of unbranched alkanes of at least 4 members (excludes halogenated alkanes) is 25. The van der Waals surface area contributed by atoms with Gasteiger partial charge < -0.3 is 19.3 Å². The van der Waals surface area contributed by atoms with Crippen molar-refractivity contribution in [3.05, 3.63) is 12.2 Å². The summed E-state index contributed by atoms with van der Waals surface area (Å²) in [6.45, 7) is 16.4. The summed E-state index contributed by atoms with van der Waals surface area (Å²) >= 11 is 0. The lowest BCUT2D eigenvalue weighted by Crippen LogP contribution is -2.32. The molecule has 0 aliphatic rings. The van der Waals surface area contributed by atoms with Crippen molar-refractivity contribution in [1.82, 2.24) is 9.80 Å². The minimum absolute atomic E-state index is 0.0192. The molecule has 0 saturated carbocycles. The van der Waals surface area contributed by atoms with E-state index in [1.165, 1.54) is 135 Å². The Morgan fingerprint density at radius 1 is 0.435 bits per heavy atom. The zero-order valence-corrected chi connectivity index (χ0v) is 42.3. The summed E-state index contributed by atoms with van der Waals surface area (Å²) in [7, 11) is 0. The van der Waals surface area contributed by atoms with E-state index in [0.29, 0.717) is 31.8 Å². The predicted octanol–water partition coefficient (Wildman–Crippen LogP) is 16.1. The number of nitrogens with zero attached hydrogens (tertiary/aromatic N) is 2. The lowest BCUT2D eigenvalue weighted by Gasteiger charge is -2.23. The van der Waals surface area contributed by atoms with Crippen LogP contribution in [-0.2, 0) is 23.9 Å². The minimum Gasteiger partial charge on any atom is -0.466 e. The van der Waals surface area contributed by atoms with Gasteiger partial charge in [-0.05, 0) is 110 Å². The molecule has 0 aromatic heterocycles. The number of rotatable bonds is 49. The molecule has 0 aliphatic carbocycles. The average Bonchev–Trinajstić information content (AvgIpc) is 3.27. The monoisotopic (exact) mass is 875 g/mol. The normalized spacial score (nSPS) is 11.7. The molecule has 0 N–H and O–H groups in total. The van der Waals surface area contributed by atoms with E-state index in [4.69, 9.17) is 9.47 Å². The fourth-order valence-electron chi connectivity index (χ4n) is 8.48. The van der Waals surface area contributed by atoms with Crippen LogP contribution in [0.3, 0.4) is 0 Å². The number of carbonyl (C=O) groups excluding carboxylic acids is 3. The Balaban J connectivity index is 4.63. The van der Waals surface area contributed by atoms with Crippen molar-refractivity contribution < 1.29 is 23.9 Å². The molecule has 0 aromatic carbocycles. The molecule has 0 spiro atoms. The molecule has 0 bridgehead atoms. The zero-order chi connectivity index (χ0) is 45.4. The van der Waals surface area contributed by atoms with Gasteiger partial charge in [0.2, 0.25) is 5.91 Å². The number of esters is 2. The molecule has 0 radical (unpaired) electrons. The summed E-state index contributed by atoms with van der Waals surface area (Å²) in [6.07, 6.45) is 47.4. The molecule has 7 heteroatoms. The number of carbonyl (C=O) groups is 3. The zero-order valence-electron chi connectivity index (χ0n) is 42.3. The van der Waals surface area contributed by atoms with Crippen LogP contribution in [0, 0.1) is 0 Å². The topological polar surface area (TPSA) is 76.2 Å². The molecule has 62 heavy (non-hydrogen) atoms. The Morgan fingerprint density at radius 2 is 0.855 bits per heavy atom. The highest BCUT2D eigenvalue weighted by atomic mass is 16.5. The second-order valence-electron chi connectivity index (χ2n) is 18.5. The number of hydrogen-bond acceptors (Lipinski definition) is 6. The lowest BCUT2D eigenvalue weighted by molar-refractivity contribution is -0.150. The van der Waals surface area contributed by atoms with Crippen LogP contribution in [0.25, 0.3) is 0 Å². The van der Waals surface area contributed by atoms with Gasteiger partial charge in [-0.25, -0.2) is 0 Å². The van der Waals surface area contributed by atoms with Crippen molar-refractivity contribution in [3.63, 3.8) is 0 Å². The third-order valence-electron chi connectivity index (χ3n) is 12.6. The summed E-state index contributed by atoms with van der Waals surface area (Å²) in [5, 5.41) is 0. The van der Waals surface area contributed by atoms with E-state index >= 15 is 0 Å². The third-order valence-corrected chi connectivity index (χ3v) is 12.6. The van der Waals surface area contributed by atoms with Crippen LogP contribution in [0.4, 0.5) is 0 Å². The molecule has 7 nitrogen and oxygen atoms in total. The second kappa shape index (κ2) is 48.6. The lowest BCUT2D eigenvalue weighted by atomic mass is 10.0. The maximum absolute atomic E-state index is 12.9. The average molecular weight is 875 g/mol. The van der Waals surface area contributed by atoms with Gasteiger partial charge in [-0.3, -0.25) is 14.4 Å². The van der Waals surface area contributed by atoms with Crippen molar-refractivity contribution in [1.29, 1.82) is 0 Å². The number of ether oxygens (including phenoxy) is 2. The maximum Gasteiger partial charge on any atom is 0.306 e. The Labute approximate surface area is 386 Å². The SMILES string of the molecule is CC/C=C\CCN(CC)C(=O)CCCCN(CCCCCCCC(=O)OCCCCCCCCC)CCCCCCCC(=O)OC(CCCCCCCC)CCCCCCCC. The smallest absolute Gasteiger partial charge is 0.306 e. The molecular formula is C55H106N2O5. The summed E-state index contributed by atoms with van der Waals surface area (Å²) in [5.41, 5.74) is 0. The van der Waals surface area contributed by atoms with Crippen molar-refractivity contribution in [2.75, 3.05) is 39.3 Å². The summed E-state index contributed by atoms with van der Waals surface area (Å²) in [4.78, 5) is 42.7. The van der Waals surface area contributed by atoms with Gasteiger partial charge in [-0.1, -0.05) is 181 Å². The largest absolute Gasteiger partial charge is 0.466 e. The van der Waals surface area contributed by atoms with Crippen LogP contribution >= 0.6 is 0 Å². The number of amides is 1. The molecule has 0 aliphatic heterocycles. The van der Waals surface area contributed by atoms with Gasteiger partial charge in [0.1, 0.15) is 6.10 Å². The Hall–Kier alpha value is -1.89. The van der Waals surface area contributed by atoms with E-state index in [2.05, 4.69) is 51.7 Å². The highest BCUT2D eigenvalue weighted by molar-refractivity contribution is 5.76. The second-order valence-corrected chi connectivity index (χ2v) is 18.5. The Bertz CT molecular complexity index is 986. The molecule has 0 atom stereocenters. The first kappa shape index (κ1) is 60.1. The van der Waals surface area contributed by atoms with E-state index in [-0.39, 0.29) is 18.0 Å². The molecule has 0 fully saturated rings. The molecule has 0 saturated heterocycles. The fraction of sp³-hybridized carbons (Fsp3) is 0.909. The van der Waals surface area contributed by atoms with Crippen LogP contribution in [-0.4, -0.2) is 73.1 Å². The van der Waals surface area contributed by atoms with Gasteiger partial charge in [0.15, 0.2) is 0 Å². The summed E-state index contributed by atoms with van der Waals surface area (Å²) in [5.74, 6) is 0.286. The number of hydrogen-bond donors (Lipinski definition) is 0. The van der Waals surface area contributed by atoms with E-state index in [9.17, 15) is 14.4 Å². The highest BCUT2D eigenvalue weighted by Crippen LogP contribution is 2.19.